The van der Waals surface area contributed by atoms with E-state index in [1.165, 1.54) is 12.1 Å². The average molecular weight is 397 g/mol. The van der Waals surface area contributed by atoms with Gasteiger partial charge in [0.1, 0.15) is 11.6 Å². The first kappa shape index (κ1) is 18.4. The number of carbonyl (C=O) groups excluding carboxylic acids is 1. The molecule has 29 heavy (non-hydrogen) atoms. The third-order valence-corrected chi connectivity index (χ3v) is 6.18. The van der Waals surface area contributed by atoms with E-state index in [9.17, 15) is 9.18 Å². The molecule has 1 N–H and O–H groups in total. The molecule has 2 bridgehead atoms. The van der Waals surface area contributed by atoms with Gasteiger partial charge in [0, 0.05) is 18.7 Å². The smallest absolute Gasteiger partial charge is 0.408 e. The second kappa shape index (κ2) is 7.30. The normalized spacial score (nSPS) is 26.6. The van der Waals surface area contributed by atoms with Crippen molar-refractivity contribution in [2.75, 3.05) is 19.6 Å². The minimum atomic E-state index is -0.680. The van der Waals surface area contributed by atoms with Gasteiger partial charge >= 0.3 is 6.09 Å². The van der Waals surface area contributed by atoms with Crippen molar-refractivity contribution in [3.63, 3.8) is 0 Å². The summed E-state index contributed by atoms with van der Waals surface area (Å²) >= 11 is 0. The number of piperidine rings is 3. The molecule has 1 unspecified atom stereocenters. The highest BCUT2D eigenvalue weighted by molar-refractivity contribution is 5.69. The van der Waals surface area contributed by atoms with E-state index < -0.39 is 5.60 Å². The van der Waals surface area contributed by atoms with Crippen molar-refractivity contribution in [2.24, 2.45) is 5.92 Å². The lowest BCUT2D eigenvalue weighted by Crippen LogP contribution is -2.57. The molecule has 1 saturated carbocycles. The Morgan fingerprint density at radius 3 is 2.55 bits per heavy atom. The SMILES string of the molecule is O=C(NC1CN2CCC1CC2)OC1(c2cccc(Oc3ccc(F)cc3)n2)CC1. The molecule has 2 aromatic rings. The molecular formula is C22H24FN3O3. The zero-order valence-electron chi connectivity index (χ0n) is 16.1. The van der Waals surface area contributed by atoms with Crippen LogP contribution in [0.25, 0.3) is 0 Å². The van der Waals surface area contributed by atoms with Gasteiger partial charge in [-0.25, -0.2) is 14.2 Å². The molecule has 3 saturated heterocycles. The third-order valence-electron chi connectivity index (χ3n) is 6.18. The lowest BCUT2D eigenvalue weighted by Gasteiger charge is -2.44. The van der Waals surface area contributed by atoms with E-state index in [-0.39, 0.29) is 18.0 Å². The van der Waals surface area contributed by atoms with Crippen molar-refractivity contribution in [1.82, 2.24) is 15.2 Å². The number of rotatable bonds is 5. The van der Waals surface area contributed by atoms with Crippen LogP contribution in [-0.2, 0) is 10.3 Å². The number of halogens is 1. The quantitative estimate of drug-likeness (QED) is 0.831. The predicted molar refractivity (Wildman–Crippen MR) is 104 cm³/mol. The maximum Gasteiger partial charge on any atom is 0.408 e. The predicted octanol–water partition coefficient (Wildman–Crippen LogP) is 3.82. The number of pyridine rings is 1. The van der Waals surface area contributed by atoms with Crippen LogP contribution >= 0.6 is 0 Å². The van der Waals surface area contributed by atoms with Crippen molar-refractivity contribution in [1.29, 1.82) is 0 Å². The Labute approximate surface area is 169 Å². The van der Waals surface area contributed by atoms with Gasteiger partial charge in [-0.15, -0.1) is 0 Å². The van der Waals surface area contributed by atoms with E-state index in [4.69, 9.17) is 9.47 Å². The van der Waals surface area contributed by atoms with Gasteiger partial charge in [-0.2, -0.15) is 0 Å². The molecule has 7 heteroatoms. The molecule has 1 aliphatic carbocycles. The zero-order valence-corrected chi connectivity index (χ0v) is 16.1. The van der Waals surface area contributed by atoms with Gasteiger partial charge in [-0.1, -0.05) is 6.07 Å². The lowest BCUT2D eigenvalue weighted by molar-refractivity contribution is 0.0459. The Morgan fingerprint density at radius 1 is 1.14 bits per heavy atom. The van der Waals surface area contributed by atoms with Crippen molar-refractivity contribution >= 4 is 6.09 Å². The Kier molecular flexibility index (Phi) is 4.62. The summed E-state index contributed by atoms with van der Waals surface area (Å²) in [5.74, 6) is 1.12. The molecule has 3 aliphatic heterocycles. The number of fused-ring (bicyclic) bond motifs is 3. The molecular weight excluding hydrogens is 373 g/mol. The summed E-state index contributed by atoms with van der Waals surface area (Å²) in [4.78, 5) is 19.5. The standard InChI is InChI=1S/C22H24FN3O3/c23-16-4-6-17(7-5-16)28-20-3-1-2-19(25-20)22(10-11-22)29-21(27)24-18-14-26-12-8-15(18)9-13-26/h1-7,15,18H,8-14H2,(H,24,27). The molecule has 4 fully saturated rings. The van der Waals surface area contributed by atoms with Crippen LogP contribution in [0.15, 0.2) is 42.5 Å². The summed E-state index contributed by atoms with van der Waals surface area (Å²) in [7, 11) is 0. The highest BCUT2D eigenvalue weighted by atomic mass is 19.1. The summed E-state index contributed by atoms with van der Waals surface area (Å²) < 4.78 is 24.6. The molecule has 4 aliphatic rings. The highest BCUT2D eigenvalue weighted by Crippen LogP contribution is 2.49. The fourth-order valence-corrected chi connectivity index (χ4v) is 4.36. The Bertz CT molecular complexity index is 892. The number of aromatic nitrogens is 1. The largest absolute Gasteiger partial charge is 0.439 e. The summed E-state index contributed by atoms with van der Waals surface area (Å²) in [6.07, 6.45) is 3.40. The fourth-order valence-electron chi connectivity index (χ4n) is 4.36. The van der Waals surface area contributed by atoms with Gasteiger partial charge in [0.2, 0.25) is 5.88 Å². The second-order valence-electron chi connectivity index (χ2n) is 8.19. The summed E-state index contributed by atoms with van der Waals surface area (Å²) in [5.41, 5.74) is 0.00130. The Hall–Kier alpha value is -2.67. The van der Waals surface area contributed by atoms with Crippen LogP contribution in [0.4, 0.5) is 9.18 Å². The van der Waals surface area contributed by atoms with E-state index in [1.54, 1.807) is 18.2 Å². The zero-order chi connectivity index (χ0) is 19.8. The second-order valence-corrected chi connectivity index (χ2v) is 8.19. The number of nitrogens with zero attached hydrogens (tertiary/aromatic N) is 2. The maximum absolute atomic E-state index is 13.1. The first-order valence-corrected chi connectivity index (χ1v) is 10.2. The monoisotopic (exact) mass is 397 g/mol. The number of carbonyl (C=O) groups is 1. The maximum atomic E-state index is 13.1. The molecule has 1 aromatic heterocycles. The van der Waals surface area contributed by atoms with Gasteiger partial charge in [0.05, 0.1) is 5.69 Å². The van der Waals surface area contributed by atoms with E-state index in [2.05, 4.69) is 15.2 Å². The van der Waals surface area contributed by atoms with E-state index >= 15 is 0 Å². The topological polar surface area (TPSA) is 63.7 Å². The average Bonchev–Trinajstić information content (AvgIpc) is 3.51. The highest BCUT2D eigenvalue weighted by Gasteiger charge is 2.50. The van der Waals surface area contributed by atoms with E-state index in [1.807, 2.05) is 12.1 Å². The first-order chi connectivity index (χ1) is 14.1. The van der Waals surface area contributed by atoms with E-state index in [0.29, 0.717) is 23.2 Å². The molecule has 6 nitrogen and oxygen atoms in total. The number of benzene rings is 1. The summed E-state index contributed by atoms with van der Waals surface area (Å²) in [5, 5.41) is 3.08. The van der Waals surface area contributed by atoms with Crippen molar-refractivity contribution in [2.45, 2.75) is 37.3 Å². The first-order valence-electron chi connectivity index (χ1n) is 10.2. The molecule has 0 radical (unpaired) electrons. The fraction of sp³-hybridized carbons (Fsp3) is 0.455. The third kappa shape index (κ3) is 3.92. The van der Waals surface area contributed by atoms with Crippen LogP contribution < -0.4 is 10.1 Å². The number of hydrogen-bond acceptors (Lipinski definition) is 5. The summed E-state index contributed by atoms with van der Waals surface area (Å²) in [6, 6.07) is 11.4. The number of nitrogens with one attached hydrogen (secondary N) is 1. The van der Waals surface area contributed by atoms with Gasteiger partial charge in [-0.3, -0.25) is 0 Å². The van der Waals surface area contributed by atoms with Gasteiger partial charge in [0.25, 0.3) is 0 Å². The van der Waals surface area contributed by atoms with Crippen molar-refractivity contribution < 1.29 is 18.7 Å². The van der Waals surface area contributed by atoms with Crippen LogP contribution in [-0.4, -0.2) is 41.7 Å². The Balaban J connectivity index is 1.24. The number of ether oxygens (including phenoxy) is 2. The number of amides is 1. The molecule has 4 heterocycles. The number of hydrogen-bond donors (Lipinski definition) is 1. The van der Waals surface area contributed by atoms with Gasteiger partial charge in [-0.05, 0) is 75.0 Å². The van der Waals surface area contributed by atoms with Crippen LogP contribution in [0, 0.1) is 11.7 Å². The molecule has 152 valence electrons. The van der Waals surface area contributed by atoms with Crippen molar-refractivity contribution in [3.05, 3.63) is 54.0 Å². The van der Waals surface area contributed by atoms with Gasteiger partial charge < -0.3 is 19.7 Å². The molecule has 1 amide bonds. The van der Waals surface area contributed by atoms with Crippen LogP contribution in [0.5, 0.6) is 11.6 Å². The van der Waals surface area contributed by atoms with Crippen molar-refractivity contribution in [3.8, 4) is 11.6 Å². The van der Waals surface area contributed by atoms with Crippen LogP contribution in [0.2, 0.25) is 0 Å². The summed E-state index contributed by atoms with van der Waals surface area (Å²) in [6.45, 7) is 3.17. The lowest BCUT2D eigenvalue weighted by atomic mass is 9.84. The molecule has 6 rings (SSSR count). The molecule has 1 aromatic carbocycles. The minimum Gasteiger partial charge on any atom is -0.439 e. The minimum absolute atomic E-state index is 0.168. The molecule has 0 spiro atoms. The number of alkyl carbamates (subject to hydrolysis) is 1. The van der Waals surface area contributed by atoms with E-state index in [0.717, 1.165) is 45.3 Å². The van der Waals surface area contributed by atoms with Gasteiger partial charge in [0.15, 0.2) is 5.60 Å². The Morgan fingerprint density at radius 2 is 1.90 bits per heavy atom. The van der Waals surface area contributed by atoms with Crippen LogP contribution in [0.1, 0.15) is 31.4 Å². The van der Waals surface area contributed by atoms with Crippen LogP contribution in [0.3, 0.4) is 0 Å². The molecule has 1 atom stereocenters.